The fourth-order valence-electron chi connectivity index (χ4n) is 7.51. The third-order valence-corrected chi connectivity index (χ3v) is 9.20. The fourth-order valence-corrected chi connectivity index (χ4v) is 7.51. The van der Waals surface area contributed by atoms with Gasteiger partial charge in [-0.3, -0.25) is 9.59 Å². The Bertz CT molecular complexity index is 717. The molecule has 5 nitrogen and oxygen atoms in total. The maximum atomic E-state index is 13.4. The first-order chi connectivity index (χ1) is 14.6. The van der Waals surface area contributed by atoms with E-state index in [2.05, 4.69) is 46.8 Å². The van der Waals surface area contributed by atoms with Crippen LogP contribution in [0.15, 0.2) is 12.2 Å². The molecule has 0 aromatic rings. The molecular weight excluding hydrogens is 392 g/mol. The molecule has 0 N–H and O–H groups in total. The van der Waals surface area contributed by atoms with Gasteiger partial charge >= 0.3 is 5.97 Å². The lowest BCUT2D eigenvalue weighted by atomic mass is 9.44. The van der Waals surface area contributed by atoms with Crippen LogP contribution in [0.4, 0.5) is 0 Å². The molecule has 0 saturated heterocycles. The van der Waals surface area contributed by atoms with E-state index < -0.39 is 0 Å². The van der Waals surface area contributed by atoms with Crippen LogP contribution >= 0.6 is 0 Å². The van der Waals surface area contributed by atoms with Crippen molar-refractivity contribution in [2.45, 2.75) is 92.3 Å². The van der Waals surface area contributed by atoms with Crippen molar-refractivity contribution in [1.29, 1.82) is 0 Å². The van der Waals surface area contributed by atoms with Crippen LogP contribution in [0.1, 0.15) is 80.1 Å². The van der Waals surface area contributed by atoms with Crippen molar-refractivity contribution in [2.24, 2.45) is 34.0 Å². The molecule has 3 fully saturated rings. The Morgan fingerprint density at radius 2 is 1.94 bits per heavy atom. The molecule has 0 amide bonds. The van der Waals surface area contributed by atoms with Crippen molar-refractivity contribution in [3.8, 4) is 0 Å². The molecule has 3 aliphatic rings. The van der Waals surface area contributed by atoms with E-state index in [0.29, 0.717) is 24.5 Å². The van der Waals surface area contributed by atoms with E-state index >= 15 is 0 Å². The molecule has 0 aromatic heterocycles. The fraction of sp³-hybridized carbons (Fsp3) is 0.846. The highest BCUT2D eigenvalue weighted by Gasteiger charge is 2.68. The number of Topliss-reactive ketones (excluding diaryl/α,β-unsaturated/α-hetero) is 1. The van der Waals surface area contributed by atoms with Gasteiger partial charge in [-0.15, -0.1) is 0 Å². The monoisotopic (exact) mass is 434 g/mol. The van der Waals surface area contributed by atoms with Gasteiger partial charge in [0.05, 0.1) is 6.10 Å². The van der Waals surface area contributed by atoms with Gasteiger partial charge in [0.1, 0.15) is 18.7 Å². The maximum Gasteiger partial charge on any atom is 0.302 e. The van der Waals surface area contributed by atoms with Crippen LogP contribution in [-0.4, -0.2) is 37.9 Å². The van der Waals surface area contributed by atoms with Crippen LogP contribution in [0.3, 0.4) is 0 Å². The summed E-state index contributed by atoms with van der Waals surface area (Å²) in [6, 6.07) is 0. The number of carbonyl (C=O) groups is 2. The van der Waals surface area contributed by atoms with Crippen molar-refractivity contribution >= 4 is 11.8 Å². The lowest BCUT2D eigenvalue weighted by Crippen LogP contribution is -2.63. The highest BCUT2D eigenvalue weighted by Crippen LogP contribution is 2.68. The molecule has 0 heterocycles. The van der Waals surface area contributed by atoms with Crippen LogP contribution in [0.5, 0.6) is 0 Å². The molecule has 0 spiro atoms. The summed E-state index contributed by atoms with van der Waals surface area (Å²) in [5.41, 5.74) is -0.841. The Kier molecular flexibility index (Phi) is 7.08. The van der Waals surface area contributed by atoms with Crippen molar-refractivity contribution in [1.82, 2.24) is 0 Å². The minimum atomic E-state index is -0.376. The first-order valence-electron chi connectivity index (χ1n) is 12.0. The first kappa shape index (κ1) is 24.4. The molecule has 0 radical (unpaired) electrons. The normalized spacial score (nSPS) is 45.3. The van der Waals surface area contributed by atoms with Gasteiger partial charge < -0.3 is 14.2 Å². The quantitative estimate of drug-likeness (QED) is 0.322. The van der Waals surface area contributed by atoms with E-state index in [1.807, 2.05) is 0 Å². The Balaban J connectivity index is 2.23. The van der Waals surface area contributed by atoms with Gasteiger partial charge in [0.2, 0.25) is 0 Å². The standard InChI is InChI=1S/C26H42O5/c1-8-9-12-24(5)15-21(31-19(4)27)25(6)17(2)10-13-26(14-11-20(28)22(25)26)18(3)23(24)30-16-29-7/h9,12,17-18,21-23H,8,10-11,13-16H2,1-7H3/b12-9+/t17-,18+,21-,22?,23+,24-,25+,26?/m1/s1. The number of carbonyl (C=O) groups excluding carboxylic acids is 2. The van der Waals surface area contributed by atoms with E-state index in [-0.39, 0.29) is 53.1 Å². The molecular formula is C26H42O5. The zero-order chi connectivity index (χ0) is 23.0. The van der Waals surface area contributed by atoms with E-state index in [1.165, 1.54) is 6.92 Å². The van der Waals surface area contributed by atoms with Crippen molar-refractivity contribution < 1.29 is 23.8 Å². The lowest BCUT2D eigenvalue weighted by molar-refractivity contribution is -0.222. The second-order valence-corrected chi connectivity index (χ2v) is 10.8. The Labute approximate surface area is 188 Å². The number of ketones is 1. The van der Waals surface area contributed by atoms with Gasteiger partial charge in [-0.1, -0.05) is 46.8 Å². The zero-order valence-electron chi connectivity index (χ0n) is 20.5. The summed E-state index contributed by atoms with van der Waals surface area (Å²) >= 11 is 0. The van der Waals surface area contributed by atoms with Gasteiger partial charge in [0.15, 0.2) is 0 Å². The molecule has 8 atom stereocenters. The second kappa shape index (κ2) is 8.97. The van der Waals surface area contributed by atoms with Gasteiger partial charge in [0, 0.05) is 37.2 Å². The van der Waals surface area contributed by atoms with Crippen LogP contribution < -0.4 is 0 Å². The minimum absolute atomic E-state index is 0.101. The Hall–Kier alpha value is -1.20. The van der Waals surface area contributed by atoms with Gasteiger partial charge in [-0.25, -0.2) is 0 Å². The number of allylic oxidation sites excluding steroid dienone is 1. The highest BCUT2D eigenvalue weighted by molar-refractivity contribution is 5.85. The maximum absolute atomic E-state index is 13.4. The Morgan fingerprint density at radius 3 is 2.55 bits per heavy atom. The number of methoxy groups -OCH3 is 1. The summed E-state index contributed by atoms with van der Waals surface area (Å²) < 4.78 is 17.8. The summed E-state index contributed by atoms with van der Waals surface area (Å²) in [5, 5.41) is 0. The number of hydrogen-bond donors (Lipinski definition) is 0. The molecule has 3 aliphatic carbocycles. The first-order valence-corrected chi connectivity index (χ1v) is 12.0. The molecule has 3 saturated carbocycles. The minimum Gasteiger partial charge on any atom is -0.462 e. The van der Waals surface area contributed by atoms with E-state index in [0.717, 1.165) is 25.7 Å². The predicted octanol–water partition coefficient (Wildman–Crippen LogP) is 5.32. The third kappa shape index (κ3) is 3.90. The number of esters is 1. The number of rotatable bonds is 6. The van der Waals surface area contributed by atoms with Crippen molar-refractivity contribution in [2.75, 3.05) is 13.9 Å². The molecule has 0 aliphatic heterocycles. The lowest BCUT2D eigenvalue weighted by Gasteiger charge is -2.62. The summed E-state index contributed by atoms with van der Waals surface area (Å²) in [7, 11) is 1.65. The van der Waals surface area contributed by atoms with Gasteiger partial charge in [-0.2, -0.15) is 0 Å². The second-order valence-electron chi connectivity index (χ2n) is 10.8. The molecule has 3 rings (SSSR count). The van der Waals surface area contributed by atoms with Gasteiger partial charge in [0.25, 0.3) is 0 Å². The number of hydrogen-bond acceptors (Lipinski definition) is 5. The van der Waals surface area contributed by atoms with Crippen molar-refractivity contribution in [3.63, 3.8) is 0 Å². The van der Waals surface area contributed by atoms with Crippen LogP contribution in [0.2, 0.25) is 0 Å². The molecule has 0 aromatic carbocycles. The van der Waals surface area contributed by atoms with Crippen LogP contribution in [0, 0.1) is 34.0 Å². The van der Waals surface area contributed by atoms with Crippen LogP contribution in [-0.2, 0) is 23.8 Å². The van der Waals surface area contributed by atoms with E-state index in [1.54, 1.807) is 7.11 Å². The average molecular weight is 435 g/mol. The molecule has 176 valence electrons. The van der Waals surface area contributed by atoms with E-state index in [9.17, 15) is 9.59 Å². The summed E-state index contributed by atoms with van der Waals surface area (Å²) in [5.74, 6) is 0.466. The smallest absolute Gasteiger partial charge is 0.302 e. The summed E-state index contributed by atoms with van der Waals surface area (Å²) in [6.07, 6.45) is 9.14. The van der Waals surface area contributed by atoms with Crippen LogP contribution in [0.25, 0.3) is 0 Å². The van der Waals surface area contributed by atoms with Crippen molar-refractivity contribution in [3.05, 3.63) is 12.2 Å². The SMILES string of the molecule is CC/C=C/[C@]1(C)C[C@@H](OC(C)=O)[C@@]2(C)C3C(=O)CCC3(CC[C@H]2C)[C@@H](C)[C@@H]1OCOC. The summed E-state index contributed by atoms with van der Waals surface area (Å²) in [6.45, 7) is 12.8. The Morgan fingerprint density at radius 1 is 1.23 bits per heavy atom. The topological polar surface area (TPSA) is 61.8 Å². The predicted molar refractivity (Wildman–Crippen MR) is 120 cm³/mol. The molecule has 31 heavy (non-hydrogen) atoms. The largest absolute Gasteiger partial charge is 0.462 e. The molecule has 2 unspecified atom stereocenters. The highest BCUT2D eigenvalue weighted by atomic mass is 16.7. The number of ether oxygens (including phenoxy) is 3. The summed E-state index contributed by atoms with van der Waals surface area (Å²) in [4.78, 5) is 25.7. The molecule has 5 heteroatoms. The zero-order valence-corrected chi connectivity index (χ0v) is 20.5. The third-order valence-electron chi connectivity index (χ3n) is 9.20. The average Bonchev–Trinajstić information content (AvgIpc) is 3.06. The van der Waals surface area contributed by atoms with E-state index in [4.69, 9.17) is 14.2 Å². The molecule has 2 bridgehead atoms. The van der Waals surface area contributed by atoms with Gasteiger partial charge in [-0.05, 0) is 49.4 Å².